The number of amides is 1. The summed E-state index contributed by atoms with van der Waals surface area (Å²) in [7, 11) is 0. The SMILES string of the molecule is O=C(Nc1ccc(Oc2ccccc2)cc1)c1cccc(-c2ccc(N3CCOCC3)nc2)n1. The normalized spacial score (nSPS) is 13.4. The molecule has 0 radical (unpaired) electrons. The van der Waals surface area contributed by atoms with Crippen molar-refractivity contribution < 1.29 is 14.3 Å². The molecule has 0 aliphatic carbocycles. The van der Waals surface area contributed by atoms with E-state index in [9.17, 15) is 4.79 Å². The number of rotatable bonds is 6. The Bertz CT molecular complexity index is 1240. The number of aromatic nitrogens is 2. The maximum atomic E-state index is 12.8. The van der Waals surface area contributed by atoms with Crippen LogP contribution in [0, 0.1) is 0 Å². The fourth-order valence-electron chi connectivity index (χ4n) is 3.67. The first-order valence-corrected chi connectivity index (χ1v) is 11.2. The molecule has 34 heavy (non-hydrogen) atoms. The van der Waals surface area contributed by atoms with Crippen molar-refractivity contribution in [2.24, 2.45) is 0 Å². The van der Waals surface area contributed by atoms with Crippen molar-refractivity contribution in [3.63, 3.8) is 0 Å². The molecule has 0 atom stereocenters. The third kappa shape index (κ3) is 5.22. The van der Waals surface area contributed by atoms with Crippen LogP contribution in [-0.2, 0) is 4.74 Å². The molecular formula is C27H24N4O3. The third-order valence-corrected chi connectivity index (χ3v) is 5.45. The quantitative estimate of drug-likeness (QED) is 0.442. The van der Waals surface area contributed by atoms with E-state index in [0.29, 0.717) is 36.0 Å². The Hall–Kier alpha value is -4.23. The van der Waals surface area contributed by atoms with E-state index in [1.807, 2.05) is 66.7 Å². The minimum Gasteiger partial charge on any atom is -0.457 e. The fourth-order valence-corrected chi connectivity index (χ4v) is 3.67. The number of carbonyl (C=O) groups excluding carboxylic acids is 1. The highest BCUT2D eigenvalue weighted by Gasteiger charge is 2.13. The first-order valence-electron chi connectivity index (χ1n) is 11.2. The lowest BCUT2D eigenvalue weighted by Crippen LogP contribution is -2.36. The van der Waals surface area contributed by atoms with Crippen molar-refractivity contribution in [2.75, 3.05) is 36.5 Å². The number of ether oxygens (including phenoxy) is 2. The fraction of sp³-hybridized carbons (Fsp3) is 0.148. The maximum absolute atomic E-state index is 12.8. The van der Waals surface area contributed by atoms with Gasteiger partial charge in [-0.2, -0.15) is 0 Å². The van der Waals surface area contributed by atoms with Crippen molar-refractivity contribution in [3.8, 4) is 22.8 Å². The Balaban J connectivity index is 1.24. The molecule has 4 aromatic rings. The highest BCUT2D eigenvalue weighted by atomic mass is 16.5. The van der Waals surface area contributed by atoms with Crippen LogP contribution in [0.3, 0.4) is 0 Å². The molecule has 1 saturated heterocycles. The van der Waals surface area contributed by atoms with Crippen LogP contribution in [0.5, 0.6) is 11.5 Å². The summed E-state index contributed by atoms with van der Waals surface area (Å²) in [6, 6.07) is 26.1. The molecule has 0 bridgehead atoms. The van der Waals surface area contributed by atoms with E-state index < -0.39 is 0 Å². The van der Waals surface area contributed by atoms with E-state index in [1.165, 1.54) is 0 Å². The Morgan fingerprint density at radius 1 is 0.853 bits per heavy atom. The van der Waals surface area contributed by atoms with Gasteiger partial charge in [-0.15, -0.1) is 0 Å². The van der Waals surface area contributed by atoms with Crippen LogP contribution in [0.2, 0.25) is 0 Å². The summed E-state index contributed by atoms with van der Waals surface area (Å²) in [4.78, 5) is 24.1. The van der Waals surface area contributed by atoms with Gasteiger partial charge in [0, 0.05) is 30.5 Å². The Kier molecular flexibility index (Phi) is 6.45. The van der Waals surface area contributed by atoms with Crippen LogP contribution in [0.25, 0.3) is 11.3 Å². The zero-order chi connectivity index (χ0) is 23.2. The van der Waals surface area contributed by atoms with Gasteiger partial charge in [0.05, 0.1) is 18.9 Å². The van der Waals surface area contributed by atoms with E-state index >= 15 is 0 Å². The molecule has 2 aromatic heterocycles. The van der Waals surface area contributed by atoms with E-state index in [4.69, 9.17) is 9.47 Å². The number of hydrogen-bond acceptors (Lipinski definition) is 6. The molecule has 7 heteroatoms. The van der Waals surface area contributed by atoms with Gasteiger partial charge in [0.1, 0.15) is 23.0 Å². The van der Waals surface area contributed by atoms with Crippen molar-refractivity contribution in [1.82, 2.24) is 9.97 Å². The van der Waals surface area contributed by atoms with E-state index in [0.717, 1.165) is 30.2 Å². The summed E-state index contributed by atoms with van der Waals surface area (Å²) in [6.45, 7) is 3.09. The molecule has 1 N–H and O–H groups in total. The molecule has 5 rings (SSSR count). The summed E-state index contributed by atoms with van der Waals surface area (Å²) >= 11 is 0. The highest BCUT2D eigenvalue weighted by molar-refractivity contribution is 6.03. The van der Waals surface area contributed by atoms with Crippen molar-refractivity contribution in [2.45, 2.75) is 0 Å². The zero-order valence-corrected chi connectivity index (χ0v) is 18.6. The predicted octanol–water partition coefficient (Wildman–Crippen LogP) is 5.02. The molecular weight excluding hydrogens is 428 g/mol. The van der Waals surface area contributed by atoms with Crippen LogP contribution in [-0.4, -0.2) is 42.2 Å². The van der Waals surface area contributed by atoms with Crippen LogP contribution in [0.4, 0.5) is 11.5 Å². The number of benzene rings is 2. The Morgan fingerprint density at radius 2 is 1.62 bits per heavy atom. The number of nitrogens with one attached hydrogen (secondary N) is 1. The Morgan fingerprint density at radius 3 is 2.35 bits per heavy atom. The van der Waals surface area contributed by atoms with Gasteiger partial charge in [-0.1, -0.05) is 24.3 Å². The average Bonchev–Trinajstić information content (AvgIpc) is 2.91. The standard InChI is InChI=1S/C27H24N4O3/c32-27(29-21-10-12-23(13-11-21)34-22-5-2-1-3-6-22)25-8-4-7-24(30-25)20-9-14-26(28-19-20)31-15-17-33-18-16-31/h1-14,19H,15-18H2,(H,29,32). The summed E-state index contributed by atoms with van der Waals surface area (Å²) in [5.41, 5.74) is 2.54. The number of carbonyl (C=O) groups is 1. The molecule has 1 aliphatic rings. The number of nitrogens with zero attached hydrogens (tertiary/aromatic N) is 3. The predicted molar refractivity (Wildman–Crippen MR) is 131 cm³/mol. The lowest BCUT2D eigenvalue weighted by molar-refractivity contribution is 0.102. The van der Waals surface area contributed by atoms with Crippen LogP contribution < -0.4 is 15.0 Å². The lowest BCUT2D eigenvalue weighted by Gasteiger charge is -2.27. The van der Waals surface area contributed by atoms with Crippen LogP contribution in [0.15, 0.2) is 91.1 Å². The molecule has 7 nitrogen and oxygen atoms in total. The lowest BCUT2D eigenvalue weighted by atomic mass is 10.1. The molecule has 3 heterocycles. The number of pyridine rings is 2. The second-order valence-corrected chi connectivity index (χ2v) is 7.81. The number of anilines is 2. The minimum absolute atomic E-state index is 0.281. The molecule has 170 valence electrons. The van der Waals surface area contributed by atoms with Gasteiger partial charge in [0.2, 0.25) is 0 Å². The molecule has 1 aliphatic heterocycles. The minimum atomic E-state index is -0.281. The summed E-state index contributed by atoms with van der Waals surface area (Å²) < 4.78 is 11.2. The van der Waals surface area contributed by atoms with Gasteiger partial charge in [0.25, 0.3) is 5.91 Å². The van der Waals surface area contributed by atoms with Gasteiger partial charge in [-0.25, -0.2) is 9.97 Å². The smallest absolute Gasteiger partial charge is 0.274 e. The number of morpholine rings is 1. The van der Waals surface area contributed by atoms with Crippen LogP contribution >= 0.6 is 0 Å². The monoisotopic (exact) mass is 452 g/mol. The van der Waals surface area contributed by atoms with Gasteiger partial charge in [-0.05, 0) is 60.7 Å². The first-order chi connectivity index (χ1) is 16.7. The van der Waals surface area contributed by atoms with E-state index in [-0.39, 0.29) is 5.91 Å². The maximum Gasteiger partial charge on any atom is 0.274 e. The van der Waals surface area contributed by atoms with Crippen molar-refractivity contribution in [1.29, 1.82) is 0 Å². The largest absolute Gasteiger partial charge is 0.457 e. The second kappa shape index (κ2) is 10.1. The van der Waals surface area contributed by atoms with Gasteiger partial charge >= 0.3 is 0 Å². The second-order valence-electron chi connectivity index (χ2n) is 7.81. The molecule has 2 aromatic carbocycles. The van der Waals surface area contributed by atoms with E-state index in [2.05, 4.69) is 20.2 Å². The highest BCUT2D eigenvalue weighted by Crippen LogP contribution is 2.24. The van der Waals surface area contributed by atoms with Crippen LogP contribution in [0.1, 0.15) is 10.5 Å². The van der Waals surface area contributed by atoms with Crippen molar-refractivity contribution in [3.05, 3.63) is 96.8 Å². The number of hydrogen-bond donors (Lipinski definition) is 1. The van der Waals surface area contributed by atoms with E-state index in [1.54, 1.807) is 24.4 Å². The van der Waals surface area contributed by atoms with Crippen molar-refractivity contribution >= 4 is 17.4 Å². The summed E-state index contributed by atoms with van der Waals surface area (Å²) in [5.74, 6) is 2.09. The van der Waals surface area contributed by atoms with Gasteiger partial charge in [-0.3, -0.25) is 4.79 Å². The van der Waals surface area contributed by atoms with Gasteiger partial charge in [0.15, 0.2) is 0 Å². The van der Waals surface area contributed by atoms with Gasteiger partial charge < -0.3 is 19.7 Å². The topological polar surface area (TPSA) is 76.6 Å². The molecule has 1 fully saturated rings. The first kappa shape index (κ1) is 21.6. The Labute approximate surface area is 198 Å². The summed E-state index contributed by atoms with van der Waals surface area (Å²) in [6.07, 6.45) is 1.79. The molecule has 0 saturated carbocycles. The summed E-state index contributed by atoms with van der Waals surface area (Å²) in [5, 5.41) is 2.89. The zero-order valence-electron chi connectivity index (χ0n) is 18.6. The molecule has 1 amide bonds. The third-order valence-electron chi connectivity index (χ3n) is 5.45. The number of para-hydroxylation sites is 1. The molecule has 0 unspecified atom stereocenters. The average molecular weight is 453 g/mol. The molecule has 0 spiro atoms.